The molecule has 0 fully saturated rings. The van der Waals surface area contributed by atoms with Crippen LogP contribution in [0.15, 0.2) is 36.7 Å². The van der Waals surface area contributed by atoms with Gasteiger partial charge < -0.3 is 0 Å². The Balaban J connectivity index is 2.63. The van der Waals surface area contributed by atoms with Crippen molar-refractivity contribution < 1.29 is 4.39 Å². The molecule has 15 heavy (non-hydrogen) atoms. The molecule has 0 aliphatic carbocycles. The van der Waals surface area contributed by atoms with E-state index in [4.69, 9.17) is 23.2 Å². The van der Waals surface area contributed by atoms with Gasteiger partial charge >= 0.3 is 0 Å². The Morgan fingerprint density at radius 3 is 2.67 bits per heavy atom. The summed E-state index contributed by atoms with van der Waals surface area (Å²) >= 11 is 11.6. The van der Waals surface area contributed by atoms with Crippen LogP contribution < -0.4 is 0 Å². The molecule has 0 atom stereocenters. The molecule has 0 bridgehead atoms. The van der Waals surface area contributed by atoms with Crippen molar-refractivity contribution in [2.45, 2.75) is 0 Å². The van der Waals surface area contributed by atoms with E-state index in [1.807, 2.05) is 0 Å². The average Bonchev–Trinajstić information content (AvgIpc) is 2.24. The van der Waals surface area contributed by atoms with E-state index >= 15 is 0 Å². The summed E-state index contributed by atoms with van der Waals surface area (Å²) in [6.45, 7) is 0. The largest absolute Gasteiger partial charge is 0.264 e. The summed E-state index contributed by atoms with van der Waals surface area (Å²) in [7, 11) is 0. The van der Waals surface area contributed by atoms with Crippen LogP contribution in [0.25, 0.3) is 11.1 Å². The van der Waals surface area contributed by atoms with Crippen molar-refractivity contribution in [3.05, 3.63) is 52.5 Å². The monoisotopic (exact) mass is 241 g/mol. The first-order valence-electron chi connectivity index (χ1n) is 4.23. The maximum absolute atomic E-state index is 13.3. The van der Waals surface area contributed by atoms with E-state index < -0.39 is 5.82 Å². The molecule has 0 saturated carbocycles. The first kappa shape index (κ1) is 10.4. The molecule has 0 saturated heterocycles. The van der Waals surface area contributed by atoms with Crippen molar-refractivity contribution in [2.75, 3.05) is 0 Å². The lowest BCUT2D eigenvalue weighted by atomic mass is 10.1. The number of hydrogen-bond acceptors (Lipinski definition) is 1. The van der Waals surface area contributed by atoms with E-state index in [0.29, 0.717) is 10.6 Å². The Kier molecular flexibility index (Phi) is 2.89. The molecule has 0 N–H and O–H groups in total. The Labute approximate surface area is 96.5 Å². The van der Waals surface area contributed by atoms with Gasteiger partial charge in [-0.05, 0) is 18.2 Å². The molecule has 4 heteroatoms. The lowest BCUT2D eigenvalue weighted by molar-refractivity contribution is 0.629. The number of aromatic nitrogens is 1. The summed E-state index contributed by atoms with van der Waals surface area (Å²) in [5, 5.41) is 0.378. The number of pyridine rings is 1. The van der Waals surface area contributed by atoms with E-state index in [9.17, 15) is 4.39 Å². The predicted molar refractivity (Wildman–Crippen MR) is 59.7 cm³/mol. The van der Waals surface area contributed by atoms with Gasteiger partial charge in [0.15, 0.2) is 0 Å². The van der Waals surface area contributed by atoms with Gasteiger partial charge in [-0.15, -0.1) is 0 Å². The zero-order chi connectivity index (χ0) is 10.8. The van der Waals surface area contributed by atoms with E-state index in [0.717, 1.165) is 5.56 Å². The lowest BCUT2D eigenvalue weighted by Crippen LogP contribution is -1.85. The number of benzene rings is 1. The highest BCUT2D eigenvalue weighted by molar-refractivity contribution is 6.35. The van der Waals surface area contributed by atoms with Crippen molar-refractivity contribution in [1.29, 1.82) is 0 Å². The van der Waals surface area contributed by atoms with Gasteiger partial charge in [-0.3, -0.25) is 4.98 Å². The van der Waals surface area contributed by atoms with Crippen LogP contribution in [0.5, 0.6) is 0 Å². The number of rotatable bonds is 1. The molecule has 0 radical (unpaired) electrons. The molecule has 0 amide bonds. The first-order chi connectivity index (χ1) is 7.18. The number of halogens is 3. The summed E-state index contributed by atoms with van der Waals surface area (Å²) < 4.78 is 13.3. The van der Waals surface area contributed by atoms with Gasteiger partial charge in [0.2, 0.25) is 0 Å². The van der Waals surface area contributed by atoms with Crippen molar-refractivity contribution >= 4 is 23.2 Å². The highest BCUT2D eigenvalue weighted by Crippen LogP contribution is 2.32. The molecule has 0 unspecified atom stereocenters. The molecule has 76 valence electrons. The summed E-state index contributed by atoms with van der Waals surface area (Å²) in [6, 6.07) is 6.35. The topological polar surface area (TPSA) is 12.9 Å². The third kappa shape index (κ3) is 2.11. The van der Waals surface area contributed by atoms with Crippen LogP contribution in [0.3, 0.4) is 0 Å². The second-order valence-corrected chi connectivity index (χ2v) is 3.81. The SMILES string of the molecule is Fc1cc(Cl)cc(-c2cccnc2)c1Cl. The molecular formula is C11H6Cl2FN. The maximum atomic E-state index is 13.3. The van der Waals surface area contributed by atoms with Crippen LogP contribution in [-0.4, -0.2) is 4.98 Å². The zero-order valence-electron chi connectivity index (χ0n) is 7.55. The summed E-state index contributed by atoms with van der Waals surface area (Å²) in [5.74, 6) is -0.525. The van der Waals surface area contributed by atoms with Gasteiger partial charge in [0, 0.05) is 28.5 Å². The minimum Gasteiger partial charge on any atom is -0.264 e. The second kappa shape index (κ2) is 4.17. The number of nitrogens with zero attached hydrogens (tertiary/aromatic N) is 1. The van der Waals surface area contributed by atoms with Crippen molar-refractivity contribution in [1.82, 2.24) is 4.98 Å². The highest BCUT2D eigenvalue weighted by atomic mass is 35.5. The Morgan fingerprint density at radius 1 is 1.20 bits per heavy atom. The fourth-order valence-electron chi connectivity index (χ4n) is 1.29. The van der Waals surface area contributed by atoms with Crippen LogP contribution >= 0.6 is 23.2 Å². The zero-order valence-corrected chi connectivity index (χ0v) is 9.06. The Morgan fingerprint density at radius 2 is 2.00 bits per heavy atom. The van der Waals surface area contributed by atoms with Gasteiger partial charge in [-0.25, -0.2) is 4.39 Å². The molecule has 2 aromatic rings. The fraction of sp³-hybridized carbons (Fsp3) is 0. The quantitative estimate of drug-likeness (QED) is 0.683. The Hall–Kier alpha value is -1.12. The minimum atomic E-state index is -0.525. The third-order valence-electron chi connectivity index (χ3n) is 1.97. The highest BCUT2D eigenvalue weighted by Gasteiger charge is 2.09. The maximum Gasteiger partial charge on any atom is 0.143 e. The van der Waals surface area contributed by atoms with E-state index in [1.165, 1.54) is 6.07 Å². The van der Waals surface area contributed by atoms with Crippen LogP contribution in [0.4, 0.5) is 4.39 Å². The normalized spacial score (nSPS) is 10.3. The van der Waals surface area contributed by atoms with Crippen molar-refractivity contribution in [3.8, 4) is 11.1 Å². The predicted octanol–water partition coefficient (Wildman–Crippen LogP) is 4.19. The Bertz CT molecular complexity index is 485. The summed E-state index contributed by atoms with van der Waals surface area (Å²) in [6.07, 6.45) is 3.25. The van der Waals surface area contributed by atoms with E-state index in [1.54, 1.807) is 30.6 Å². The standard InChI is InChI=1S/C11H6Cl2FN/c12-8-4-9(11(13)10(14)5-8)7-2-1-3-15-6-7/h1-6H. The summed E-state index contributed by atoms with van der Waals surface area (Å²) in [4.78, 5) is 3.94. The van der Waals surface area contributed by atoms with Gasteiger partial charge in [-0.1, -0.05) is 29.3 Å². The van der Waals surface area contributed by atoms with E-state index in [-0.39, 0.29) is 5.02 Å². The van der Waals surface area contributed by atoms with Crippen LogP contribution in [0, 0.1) is 5.82 Å². The smallest absolute Gasteiger partial charge is 0.143 e. The average molecular weight is 242 g/mol. The minimum absolute atomic E-state index is 0.0624. The van der Waals surface area contributed by atoms with Crippen molar-refractivity contribution in [3.63, 3.8) is 0 Å². The lowest BCUT2D eigenvalue weighted by Gasteiger charge is -2.05. The molecule has 0 aliphatic rings. The fourth-order valence-corrected chi connectivity index (χ4v) is 1.71. The molecule has 0 spiro atoms. The first-order valence-corrected chi connectivity index (χ1v) is 4.99. The number of hydrogen-bond donors (Lipinski definition) is 0. The van der Waals surface area contributed by atoms with Gasteiger partial charge in [0.1, 0.15) is 5.82 Å². The summed E-state index contributed by atoms with van der Waals surface area (Å²) in [5.41, 5.74) is 1.29. The molecular weight excluding hydrogens is 236 g/mol. The van der Waals surface area contributed by atoms with Crippen LogP contribution in [0.2, 0.25) is 10.0 Å². The van der Waals surface area contributed by atoms with Gasteiger partial charge in [0.05, 0.1) is 5.02 Å². The molecule has 1 nitrogen and oxygen atoms in total. The van der Waals surface area contributed by atoms with Crippen LogP contribution in [-0.2, 0) is 0 Å². The second-order valence-electron chi connectivity index (χ2n) is 2.99. The van der Waals surface area contributed by atoms with Gasteiger partial charge in [-0.2, -0.15) is 0 Å². The van der Waals surface area contributed by atoms with Crippen molar-refractivity contribution in [2.24, 2.45) is 0 Å². The van der Waals surface area contributed by atoms with Crippen LogP contribution in [0.1, 0.15) is 0 Å². The molecule has 2 rings (SSSR count). The van der Waals surface area contributed by atoms with Gasteiger partial charge in [0.25, 0.3) is 0 Å². The molecule has 1 aromatic carbocycles. The van der Waals surface area contributed by atoms with E-state index in [2.05, 4.69) is 4.98 Å². The third-order valence-corrected chi connectivity index (χ3v) is 2.57. The molecule has 1 heterocycles. The molecule has 0 aliphatic heterocycles. The molecule has 1 aromatic heterocycles.